The summed E-state index contributed by atoms with van der Waals surface area (Å²) in [5.74, 6) is 0.297. The van der Waals surface area contributed by atoms with Crippen LogP contribution in [0.1, 0.15) is 5.56 Å². The van der Waals surface area contributed by atoms with Gasteiger partial charge in [-0.1, -0.05) is 18.2 Å². The smallest absolute Gasteiger partial charge is 0.343 e. The zero-order chi connectivity index (χ0) is 11.1. The number of ether oxygens (including phenoxy) is 2. The molecule has 15 heavy (non-hydrogen) atoms. The summed E-state index contributed by atoms with van der Waals surface area (Å²) in [6.07, 6.45) is 0.733. The molecule has 0 radical (unpaired) electrons. The number of para-hydroxylation sites is 1. The molecule has 0 saturated carbocycles. The van der Waals surface area contributed by atoms with Crippen LogP contribution >= 0.6 is 0 Å². The van der Waals surface area contributed by atoms with Crippen LogP contribution in [-0.4, -0.2) is 26.2 Å². The molecule has 82 valence electrons. The molecule has 0 aromatic heterocycles. The second kappa shape index (κ2) is 6.03. The molecule has 0 bridgehead atoms. The summed E-state index contributed by atoms with van der Waals surface area (Å²) in [4.78, 5) is 10.9. The number of nitrogens with two attached hydrogens (primary N) is 1. The van der Waals surface area contributed by atoms with Crippen LogP contribution in [0, 0.1) is 0 Å². The summed E-state index contributed by atoms with van der Waals surface area (Å²) >= 11 is 0. The third kappa shape index (κ3) is 3.59. The van der Waals surface area contributed by atoms with E-state index in [1.807, 2.05) is 24.3 Å². The zero-order valence-corrected chi connectivity index (χ0v) is 8.73. The SMILES string of the molecule is COC(=O)COc1ccccc1CCN. The fourth-order valence-corrected chi connectivity index (χ4v) is 1.20. The van der Waals surface area contributed by atoms with Crippen LogP contribution in [-0.2, 0) is 16.0 Å². The number of hydrogen-bond donors (Lipinski definition) is 1. The highest BCUT2D eigenvalue weighted by atomic mass is 16.6. The molecule has 1 aromatic carbocycles. The third-order valence-electron chi connectivity index (χ3n) is 1.96. The maximum absolute atomic E-state index is 10.9. The molecule has 0 heterocycles. The summed E-state index contributed by atoms with van der Waals surface area (Å²) in [5.41, 5.74) is 6.47. The number of rotatable bonds is 5. The number of benzene rings is 1. The Bertz CT molecular complexity index is 325. The maximum atomic E-state index is 10.9. The van der Waals surface area contributed by atoms with E-state index in [2.05, 4.69) is 4.74 Å². The van der Waals surface area contributed by atoms with Crippen LogP contribution in [0.5, 0.6) is 5.75 Å². The van der Waals surface area contributed by atoms with Gasteiger partial charge < -0.3 is 15.2 Å². The minimum absolute atomic E-state index is 0.0713. The van der Waals surface area contributed by atoms with Crippen molar-refractivity contribution >= 4 is 5.97 Å². The van der Waals surface area contributed by atoms with Gasteiger partial charge in [-0.3, -0.25) is 0 Å². The Morgan fingerprint density at radius 3 is 2.80 bits per heavy atom. The van der Waals surface area contributed by atoms with Crippen LogP contribution in [0.4, 0.5) is 0 Å². The monoisotopic (exact) mass is 209 g/mol. The molecule has 0 spiro atoms. The number of carbonyl (C=O) groups excluding carboxylic acids is 1. The van der Waals surface area contributed by atoms with Crippen LogP contribution in [0.2, 0.25) is 0 Å². The molecule has 0 amide bonds. The van der Waals surface area contributed by atoms with Crippen molar-refractivity contribution in [1.82, 2.24) is 0 Å². The molecular formula is C11H15NO3. The van der Waals surface area contributed by atoms with Gasteiger partial charge in [-0.25, -0.2) is 4.79 Å². The third-order valence-corrected chi connectivity index (χ3v) is 1.96. The highest BCUT2D eigenvalue weighted by molar-refractivity contribution is 5.70. The first-order chi connectivity index (χ1) is 7.27. The van der Waals surface area contributed by atoms with Crippen LogP contribution < -0.4 is 10.5 Å². The van der Waals surface area contributed by atoms with E-state index in [4.69, 9.17) is 10.5 Å². The summed E-state index contributed by atoms with van der Waals surface area (Å²) in [5, 5.41) is 0. The molecule has 1 rings (SSSR count). The maximum Gasteiger partial charge on any atom is 0.343 e. The largest absolute Gasteiger partial charge is 0.482 e. The van der Waals surface area contributed by atoms with Gasteiger partial charge in [-0.15, -0.1) is 0 Å². The van der Waals surface area contributed by atoms with Gasteiger partial charge in [0.05, 0.1) is 7.11 Å². The predicted octanol–water partition coefficient (Wildman–Crippen LogP) is 0.740. The van der Waals surface area contributed by atoms with E-state index in [1.54, 1.807) is 0 Å². The van der Waals surface area contributed by atoms with Crippen molar-refractivity contribution in [1.29, 1.82) is 0 Å². The number of hydrogen-bond acceptors (Lipinski definition) is 4. The lowest BCUT2D eigenvalue weighted by Gasteiger charge is -2.09. The Hall–Kier alpha value is -1.55. The average molecular weight is 209 g/mol. The van der Waals surface area contributed by atoms with E-state index in [-0.39, 0.29) is 6.61 Å². The molecule has 0 aliphatic carbocycles. The molecule has 4 nitrogen and oxygen atoms in total. The van der Waals surface area contributed by atoms with Crippen LogP contribution in [0.15, 0.2) is 24.3 Å². The van der Waals surface area contributed by atoms with Crippen LogP contribution in [0.3, 0.4) is 0 Å². The van der Waals surface area contributed by atoms with Crippen molar-refractivity contribution in [2.45, 2.75) is 6.42 Å². The average Bonchev–Trinajstić information content (AvgIpc) is 2.28. The van der Waals surface area contributed by atoms with Crippen molar-refractivity contribution in [3.8, 4) is 5.75 Å². The van der Waals surface area contributed by atoms with Crippen molar-refractivity contribution < 1.29 is 14.3 Å². The summed E-state index contributed by atoms with van der Waals surface area (Å²) in [6.45, 7) is 0.483. The van der Waals surface area contributed by atoms with E-state index in [9.17, 15) is 4.79 Å². The van der Waals surface area contributed by atoms with Crippen molar-refractivity contribution in [2.24, 2.45) is 5.73 Å². The van der Waals surface area contributed by atoms with Crippen molar-refractivity contribution in [3.05, 3.63) is 29.8 Å². The van der Waals surface area contributed by atoms with E-state index in [0.717, 1.165) is 12.0 Å². The minimum Gasteiger partial charge on any atom is -0.482 e. The second-order valence-corrected chi connectivity index (χ2v) is 3.01. The quantitative estimate of drug-likeness (QED) is 0.726. The Balaban J connectivity index is 2.62. The summed E-state index contributed by atoms with van der Waals surface area (Å²) < 4.78 is 9.80. The van der Waals surface area contributed by atoms with E-state index in [1.165, 1.54) is 7.11 Å². The molecule has 2 N–H and O–H groups in total. The van der Waals surface area contributed by atoms with Gasteiger partial charge in [0.15, 0.2) is 6.61 Å². The Morgan fingerprint density at radius 1 is 1.40 bits per heavy atom. The fraction of sp³-hybridized carbons (Fsp3) is 0.364. The normalized spacial score (nSPS) is 9.73. The summed E-state index contributed by atoms with van der Waals surface area (Å²) in [6, 6.07) is 7.51. The zero-order valence-electron chi connectivity index (χ0n) is 8.73. The highest BCUT2D eigenvalue weighted by Gasteiger charge is 2.05. The first-order valence-electron chi connectivity index (χ1n) is 4.75. The lowest BCUT2D eigenvalue weighted by Crippen LogP contribution is -2.14. The van der Waals surface area contributed by atoms with Gasteiger partial charge >= 0.3 is 5.97 Å². The molecule has 1 aromatic rings. The van der Waals surface area contributed by atoms with E-state index < -0.39 is 5.97 Å². The van der Waals surface area contributed by atoms with Crippen molar-refractivity contribution in [3.63, 3.8) is 0 Å². The summed E-state index contributed by atoms with van der Waals surface area (Å²) in [7, 11) is 1.33. The molecule has 0 atom stereocenters. The van der Waals surface area contributed by atoms with Crippen LogP contribution in [0.25, 0.3) is 0 Å². The number of methoxy groups -OCH3 is 1. The van der Waals surface area contributed by atoms with E-state index in [0.29, 0.717) is 12.3 Å². The van der Waals surface area contributed by atoms with Crippen molar-refractivity contribution in [2.75, 3.05) is 20.3 Å². The Morgan fingerprint density at radius 2 is 2.13 bits per heavy atom. The second-order valence-electron chi connectivity index (χ2n) is 3.01. The molecule has 0 unspecified atom stereocenters. The topological polar surface area (TPSA) is 61.5 Å². The lowest BCUT2D eigenvalue weighted by atomic mass is 10.1. The molecule has 0 saturated heterocycles. The Labute approximate surface area is 89.0 Å². The fourth-order valence-electron chi connectivity index (χ4n) is 1.20. The van der Waals surface area contributed by atoms with Gasteiger partial charge in [0.25, 0.3) is 0 Å². The molecule has 0 aliphatic rings. The predicted molar refractivity (Wildman–Crippen MR) is 56.7 cm³/mol. The number of carbonyl (C=O) groups is 1. The first kappa shape index (κ1) is 11.5. The molecule has 0 aliphatic heterocycles. The highest BCUT2D eigenvalue weighted by Crippen LogP contribution is 2.17. The van der Waals surface area contributed by atoms with Gasteiger partial charge in [0, 0.05) is 0 Å². The van der Waals surface area contributed by atoms with Gasteiger partial charge in [-0.2, -0.15) is 0 Å². The lowest BCUT2D eigenvalue weighted by molar-refractivity contribution is -0.142. The molecule has 0 fully saturated rings. The Kier molecular flexibility index (Phi) is 4.63. The van der Waals surface area contributed by atoms with Gasteiger partial charge in [0.2, 0.25) is 0 Å². The standard InChI is InChI=1S/C11H15NO3/c1-14-11(13)8-15-10-5-3-2-4-9(10)6-7-12/h2-5H,6-8,12H2,1H3. The number of esters is 1. The van der Waals surface area contributed by atoms with Gasteiger partial charge in [-0.05, 0) is 24.6 Å². The first-order valence-corrected chi connectivity index (χ1v) is 4.75. The minimum atomic E-state index is -0.391. The molecular weight excluding hydrogens is 194 g/mol. The molecule has 4 heteroatoms. The van der Waals surface area contributed by atoms with E-state index >= 15 is 0 Å². The van der Waals surface area contributed by atoms with Gasteiger partial charge in [0.1, 0.15) is 5.75 Å².